The second-order valence-corrected chi connectivity index (χ2v) is 22.7. The molecule has 0 aromatic rings. The summed E-state index contributed by atoms with van der Waals surface area (Å²) in [7, 11) is 0. The molecule has 0 aromatic heterocycles. The Bertz CT molecular complexity index is 1380. The summed E-state index contributed by atoms with van der Waals surface area (Å²) in [6, 6.07) is 0. The molecule has 6 nitrogen and oxygen atoms in total. The molecule has 0 fully saturated rings. The highest BCUT2D eigenvalue weighted by molar-refractivity contribution is 5.71. The van der Waals surface area contributed by atoms with Gasteiger partial charge in [0, 0.05) is 19.3 Å². The maximum absolute atomic E-state index is 12.9. The molecule has 0 N–H and O–H groups in total. The summed E-state index contributed by atoms with van der Waals surface area (Å²) in [5.74, 6) is -0.844. The monoisotopic (exact) mass is 1080 g/mol. The van der Waals surface area contributed by atoms with Crippen LogP contribution >= 0.6 is 0 Å². The van der Waals surface area contributed by atoms with Gasteiger partial charge in [-0.25, -0.2) is 0 Å². The lowest BCUT2D eigenvalue weighted by Gasteiger charge is -2.18. The van der Waals surface area contributed by atoms with Crippen LogP contribution < -0.4 is 0 Å². The van der Waals surface area contributed by atoms with Crippen molar-refractivity contribution in [2.24, 2.45) is 0 Å². The van der Waals surface area contributed by atoms with Crippen molar-refractivity contribution in [2.75, 3.05) is 13.2 Å². The third-order valence-electron chi connectivity index (χ3n) is 15.0. The van der Waals surface area contributed by atoms with E-state index >= 15 is 0 Å². The highest BCUT2D eigenvalue weighted by atomic mass is 16.6. The van der Waals surface area contributed by atoms with Gasteiger partial charge in [0.15, 0.2) is 6.10 Å². The number of carbonyl (C=O) groups excluding carboxylic acids is 3. The SMILES string of the molecule is CC/C=C\C/C=C\C/C=C\C/C=C\C/C=C\CCCCCCCCCCCCCCCC(=O)OCC(COC(=O)CCCCCCCCCCCCCCC)OC(=O)CCCCCCCCCCCCCCCCCCC. The molecule has 0 saturated heterocycles. The molecular formula is C71H128O6. The fourth-order valence-corrected chi connectivity index (χ4v) is 10.0. The van der Waals surface area contributed by atoms with E-state index in [1.807, 2.05) is 0 Å². The van der Waals surface area contributed by atoms with Crippen molar-refractivity contribution in [1.82, 2.24) is 0 Å². The van der Waals surface area contributed by atoms with Crippen LogP contribution in [0.15, 0.2) is 60.8 Å². The lowest BCUT2D eigenvalue weighted by molar-refractivity contribution is -0.167. The van der Waals surface area contributed by atoms with E-state index < -0.39 is 6.10 Å². The van der Waals surface area contributed by atoms with E-state index in [0.29, 0.717) is 19.3 Å². The summed E-state index contributed by atoms with van der Waals surface area (Å²) >= 11 is 0. The van der Waals surface area contributed by atoms with Crippen LogP contribution in [0, 0.1) is 0 Å². The number of allylic oxidation sites excluding steroid dienone is 10. The van der Waals surface area contributed by atoms with Gasteiger partial charge in [0.1, 0.15) is 13.2 Å². The minimum Gasteiger partial charge on any atom is -0.462 e. The highest BCUT2D eigenvalue weighted by Crippen LogP contribution is 2.18. The van der Waals surface area contributed by atoms with Crippen molar-refractivity contribution < 1.29 is 28.6 Å². The summed E-state index contributed by atoms with van der Waals surface area (Å²) < 4.78 is 17.0. The number of ether oxygens (including phenoxy) is 3. The van der Waals surface area contributed by atoms with Crippen LogP contribution in [0.3, 0.4) is 0 Å². The second kappa shape index (κ2) is 65.6. The minimum absolute atomic E-state index is 0.0677. The van der Waals surface area contributed by atoms with Crippen LogP contribution in [-0.4, -0.2) is 37.2 Å². The van der Waals surface area contributed by atoms with Crippen molar-refractivity contribution in [2.45, 2.75) is 361 Å². The molecule has 448 valence electrons. The normalized spacial score (nSPS) is 12.4. The maximum Gasteiger partial charge on any atom is 0.306 e. The Morgan fingerprint density at radius 3 is 0.792 bits per heavy atom. The van der Waals surface area contributed by atoms with Gasteiger partial charge in [-0.05, 0) is 64.2 Å². The van der Waals surface area contributed by atoms with E-state index in [9.17, 15) is 14.4 Å². The van der Waals surface area contributed by atoms with Gasteiger partial charge in [0.25, 0.3) is 0 Å². The molecule has 0 radical (unpaired) electrons. The molecule has 0 amide bonds. The lowest BCUT2D eigenvalue weighted by Crippen LogP contribution is -2.30. The molecule has 0 aliphatic carbocycles. The number of esters is 3. The zero-order valence-corrected chi connectivity index (χ0v) is 51.5. The summed E-state index contributed by atoms with van der Waals surface area (Å²) in [5, 5.41) is 0. The van der Waals surface area contributed by atoms with Crippen molar-refractivity contribution >= 4 is 17.9 Å². The predicted octanol–water partition coefficient (Wildman–Crippen LogP) is 23.1. The maximum atomic E-state index is 12.9. The first kappa shape index (κ1) is 74.1. The molecule has 0 aliphatic rings. The standard InChI is InChI=1S/C71H128O6/c1-4-7-10-13-16-19-22-25-27-29-30-31-32-33-34-35-36-37-38-39-40-42-43-46-49-52-55-58-61-64-70(73)76-67-68(66-75-69(72)63-60-57-54-51-48-45-24-21-18-15-12-9-6-3)77-71(74)65-62-59-56-53-50-47-44-41-28-26-23-20-17-14-11-8-5-2/h7,10,16,19,25,27,30-31,33-34,68H,4-6,8-9,11-15,17-18,20-24,26,28-29,32,35-67H2,1-3H3/b10-7-,19-16-,27-25-,31-30-,34-33-. The van der Waals surface area contributed by atoms with Gasteiger partial charge >= 0.3 is 17.9 Å². The van der Waals surface area contributed by atoms with Crippen LogP contribution in [0.1, 0.15) is 355 Å². The largest absolute Gasteiger partial charge is 0.462 e. The summed E-state index contributed by atoms with van der Waals surface area (Å²) in [6.07, 6.45) is 83.8. The number of rotatable bonds is 62. The van der Waals surface area contributed by atoms with E-state index in [1.54, 1.807) is 0 Å². The fraction of sp³-hybridized carbons (Fsp3) is 0.817. The van der Waals surface area contributed by atoms with Gasteiger partial charge in [0.05, 0.1) is 0 Å². The molecule has 0 rings (SSSR count). The molecule has 0 saturated carbocycles. The van der Waals surface area contributed by atoms with Crippen molar-refractivity contribution in [3.8, 4) is 0 Å². The van der Waals surface area contributed by atoms with Gasteiger partial charge in [-0.15, -0.1) is 0 Å². The van der Waals surface area contributed by atoms with E-state index in [0.717, 1.165) is 89.9 Å². The Kier molecular flexibility index (Phi) is 63.2. The fourth-order valence-electron chi connectivity index (χ4n) is 10.0. The number of hydrogen-bond donors (Lipinski definition) is 0. The van der Waals surface area contributed by atoms with Gasteiger partial charge in [-0.3, -0.25) is 14.4 Å². The molecule has 0 aliphatic heterocycles. The Morgan fingerprint density at radius 1 is 0.273 bits per heavy atom. The van der Waals surface area contributed by atoms with E-state index in [2.05, 4.69) is 81.5 Å². The molecule has 6 heteroatoms. The Morgan fingerprint density at radius 2 is 0.506 bits per heavy atom. The van der Waals surface area contributed by atoms with Crippen LogP contribution in [0.4, 0.5) is 0 Å². The quantitative estimate of drug-likeness (QED) is 0.0261. The topological polar surface area (TPSA) is 78.9 Å². The van der Waals surface area contributed by atoms with E-state index in [-0.39, 0.29) is 31.1 Å². The third-order valence-corrected chi connectivity index (χ3v) is 15.0. The van der Waals surface area contributed by atoms with Gasteiger partial charge < -0.3 is 14.2 Å². The lowest BCUT2D eigenvalue weighted by atomic mass is 10.0. The first-order chi connectivity index (χ1) is 38.0. The molecule has 1 atom stereocenters. The summed E-state index contributed by atoms with van der Waals surface area (Å²) in [4.78, 5) is 38.3. The second-order valence-electron chi connectivity index (χ2n) is 22.7. The van der Waals surface area contributed by atoms with Crippen LogP contribution in [0.2, 0.25) is 0 Å². The zero-order valence-electron chi connectivity index (χ0n) is 51.5. The predicted molar refractivity (Wildman–Crippen MR) is 335 cm³/mol. The molecule has 77 heavy (non-hydrogen) atoms. The molecule has 0 spiro atoms. The molecule has 0 heterocycles. The zero-order chi connectivity index (χ0) is 55.7. The van der Waals surface area contributed by atoms with Crippen molar-refractivity contribution in [1.29, 1.82) is 0 Å². The van der Waals surface area contributed by atoms with Crippen molar-refractivity contribution in [3.05, 3.63) is 60.8 Å². The number of carbonyl (C=O) groups is 3. The summed E-state index contributed by atoms with van der Waals surface area (Å²) in [5.41, 5.74) is 0. The summed E-state index contributed by atoms with van der Waals surface area (Å²) in [6.45, 7) is 6.58. The van der Waals surface area contributed by atoms with Crippen LogP contribution in [0.5, 0.6) is 0 Å². The number of hydrogen-bond acceptors (Lipinski definition) is 6. The van der Waals surface area contributed by atoms with Gasteiger partial charge in [-0.2, -0.15) is 0 Å². The number of unbranched alkanes of at least 4 members (excludes halogenated alkanes) is 41. The Labute approximate surface area is 479 Å². The first-order valence-corrected chi connectivity index (χ1v) is 33.8. The van der Waals surface area contributed by atoms with E-state index in [4.69, 9.17) is 14.2 Å². The molecular weight excluding hydrogens is 949 g/mol. The van der Waals surface area contributed by atoms with Crippen LogP contribution in [0.25, 0.3) is 0 Å². The van der Waals surface area contributed by atoms with E-state index in [1.165, 1.54) is 225 Å². The molecule has 1 unspecified atom stereocenters. The first-order valence-electron chi connectivity index (χ1n) is 33.8. The smallest absolute Gasteiger partial charge is 0.306 e. The Hall–Kier alpha value is -2.89. The minimum atomic E-state index is -0.770. The Balaban J connectivity index is 4.21. The molecule has 0 bridgehead atoms. The molecule has 0 aromatic carbocycles. The van der Waals surface area contributed by atoms with Crippen molar-refractivity contribution in [3.63, 3.8) is 0 Å². The average molecular weight is 1080 g/mol. The highest BCUT2D eigenvalue weighted by Gasteiger charge is 2.19. The van der Waals surface area contributed by atoms with Gasteiger partial charge in [0.2, 0.25) is 0 Å². The van der Waals surface area contributed by atoms with Crippen LogP contribution in [-0.2, 0) is 28.6 Å². The third kappa shape index (κ3) is 63.8. The average Bonchev–Trinajstić information content (AvgIpc) is 3.43. The van der Waals surface area contributed by atoms with Gasteiger partial charge in [-0.1, -0.05) is 332 Å².